The SMILES string of the molecule is ClCc1c(Cl)c(Cl)nc(Cl)c1Cl. The zero-order chi connectivity index (χ0) is 9.30. The summed E-state index contributed by atoms with van der Waals surface area (Å²) in [5.74, 6) is 0.152. The zero-order valence-corrected chi connectivity index (χ0v) is 9.32. The van der Waals surface area contributed by atoms with Crippen LogP contribution in [0.1, 0.15) is 5.56 Å². The van der Waals surface area contributed by atoms with Gasteiger partial charge in [0.2, 0.25) is 0 Å². The molecule has 6 heteroatoms. The third kappa shape index (κ3) is 1.91. The van der Waals surface area contributed by atoms with E-state index in [4.69, 9.17) is 58.0 Å². The van der Waals surface area contributed by atoms with Crippen LogP contribution in [-0.2, 0) is 5.88 Å². The van der Waals surface area contributed by atoms with Gasteiger partial charge in [0.25, 0.3) is 0 Å². The molecule has 0 bridgehead atoms. The second kappa shape index (κ2) is 4.21. The smallest absolute Gasteiger partial charge is 0.149 e. The van der Waals surface area contributed by atoms with E-state index in [-0.39, 0.29) is 26.2 Å². The minimum Gasteiger partial charge on any atom is -0.221 e. The minimum atomic E-state index is 0.113. The zero-order valence-electron chi connectivity index (χ0n) is 5.54. The molecule has 0 atom stereocenters. The molecule has 66 valence electrons. The number of hydrogen-bond acceptors (Lipinski definition) is 1. The highest BCUT2D eigenvalue weighted by atomic mass is 35.5. The van der Waals surface area contributed by atoms with Gasteiger partial charge in [0.05, 0.1) is 15.9 Å². The Balaban J connectivity index is 3.42. The van der Waals surface area contributed by atoms with E-state index in [1.165, 1.54) is 0 Å². The summed E-state index contributed by atoms with van der Waals surface area (Å²) in [6.45, 7) is 0. The van der Waals surface area contributed by atoms with Gasteiger partial charge < -0.3 is 0 Å². The molecule has 0 aliphatic heterocycles. The lowest BCUT2D eigenvalue weighted by Crippen LogP contribution is -1.89. The third-order valence-corrected chi connectivity index (χ3v) is 3.04. The van der Waals surface area contributed by atoms with Crippen LogP contribution in [0, 0.1) is 0 Å². The van der Waals surface area contributed by atoms with Crippen LogP contribution < -0.4 is 0 Å². The highest BCUT2D eigenvalue weighted by Crippen LogP contribution is 2.35. The molecule has 0 aliphatic carbocycles. The standard InChI is InChI=1S/C6H2Cl5N/c7-1-2-3(8)5(10)12-6(11)4(2)9/h1H2. The van der Waals surface area contributed by atoms with Gasteiger partial charge in [0, 0.05) is 5.56 Å². The van der Waals surface area contributed by atoms with E-state index >= 15 is 0 Å². The normalized spacial score (nSPS) is 10.4. The molecule has 0 N–H and O–H groups in total. The van der Waals surface area contributed by atoms with Crippen molar-refractivity contribution in [1.29, 1.82) is 0 Å². The lowest BCUT2D eigenvalue weighted by Gasteiger charge is -2.05. The van der Waals surface area contributed by atoms with Crippen LogP contribution >= 0.6 is 58.0 Å². The fraction of sp³-hybridized carbons (Fsp3) is 0.167. The molecule has 0 saturated carbocycles. The van der Waals surface area contributed by atoms with E-state index < -0.39 is 0 Å². The van der Waals surface area contributed by atoms with Crippen molar-refractivity contribution in [3.05, 3.63) is 25.9 Å². The number of nitrogens with zero attached hydrogens (tertiary/aromatic N) is 1. The first-order valence-electron chi connectivity index (χ1n) is 2.82. The van der Waals surface area contributed by atoms with Crippen molar-refractivity contribution in [1.82, 2.24) is 4.98 Å². The van der Waals surface area contributed by atoms with Crippen LogP contribution in [-0.4, -0.2) is 4.98 Å². The molecule has 1 aromatic rings. The number of pyridine rings is 1. The first-order valence-corrected chi connectivity index (χ1v) is 4.87. The summed E-state index contributed by atoms with van der Waals surface area (Å²) in [4.78, 5) is 3.69. The number of halogens is 5. The molecule has 1 nitrogen and oxygen atoms in total. The Morgan fingerprint density at radius 3 is 1.67 bits per heavy atom. The highest BCUT2D eigenvalue weighted by Gasteiger charge is 2.13. The van der Waals surface area contributed by atoms with E-state index in [0.717, 1.165) is 0 Å². The van der Waals surface area contributed by atoms with Crippen molar-refractivity contribution in [3.8, 4) is 0 Å². The molecule has 0 saturated heterocycles. The number of alkyl halides is 1. The molecule has 0 radical (unpaired) electrons. The Bertz CT molecular complexity index is 285. The maximum Gasteiger partial charge on any atom is 0.149 e. The summed E-state index contributed by atoms with van der Waals surface area (Å²) >= 11 is 28.3. The molecule has 0 amide bonds. The minimum absolute atomic E-state index is 0.113. The monoisotopic (exact) mass is 263 g/mol. The number of hydrogen-bond donors (Lipinski definition) is 0. The van der Waals surface area contributed by atoms with Crippen molar-refractivity contribution >= 4 is 58.0 Å². The van der Waals surface area contributed by atoms with Gasteiger partial charge in [-0.15, -0.1) is 11.6 Å². The fourth-order valence-corrected chi connectivity index (χ4v) is 1.95. The Kier molecular flexibility index (Phi) is 3.74. The van der Waals surface area contributed by atoms with E-state index in [1.54, 1.807) is 0 Å². The molecule has 1 aromatic heterocycles. The number of aromatic nitrogens is 1. The van der Waals surface area contributed by atoms with Gasteiger partial charge in [-0.05, 0) is 0 Å². The van der Waals surface area contributed by atoms with E-state index in [0.29, 0.717) is 5.56 Å². The molecule has 0 aliphatic rings. The summed E-state index contributed by atoms with van der Waals surface area (Å²) in [6.07, 6.45) is 0. The van der Waals surface area contributed by atoms with E-state index in [9.17, 15) is 0 Å². The lowest BCUT2D eigenvalue weighted by molar-refractivity contribution is 1.27. The molecule has 0 unspecified atom stereocenters. The van der Waals surface area contributed by atoms with Gasteiger partial charge in [-0.25, -0.2) is 4.98 Å². The maximum atomic E-state index is 5.75. The van der Waals surface area contributed by atoms with E-state index in [2.05, 4.69) is 4.98 Å². The molecule has 12 heavy (non-hydrogen) atoms. The molecule has 0 spiro atoms. The largest absolute Gasteiger partial charge is 0.221 e. The third-order valence-electron chi connectivity index (χ3n) is 1.22. The van der Waals surface area contributed by atoms with Gasteiger partial charge in [-0.1, -0.05) is 46.4 Å². The average Bonchev–Trinajstić information content (AvgIpc) is 2.02. The second-order valence-corrected chi connectivity index (χ2v) is 3.67. The van der Waals surface area contributed by atoms with Crippen LogP contribution in [0.3, 0.4) is 0 Å². The van der Waals surface area contributed by atoms with Crippen molar-refractivity contribution in [2.45, 2.75) is 5.88 Å². The summed E-state index contributed by atoms with van der Waals surface area (Å²) in [5.41, 5.74) is 0.505. The molecular formula is C6H2Cl5N. The predicted molar refractivity (Wildman–Crippen MR) is 53.8 cm³/mol. The average molecular weight is 265 g/mol. The topological polar surface area (TPSA) is 12.9 Å². The van der Waals surface area contributed by atoms with Crippen LogP contribution in [0.2, 0.25) is 20.4 Å². The van der Waals surface area contributed by atoms with Crippen LogP contribution in [0.15, 0.2) is 0 Å². The quantitative estimate of drug-likeness (QED) is 0.540. The summed E-state index contributed by atoms with van der Waals surface area (Å²) in [7, 11) is 0. The van der Waals surface area contributed by atoms with Crippen LogP contribution in [0.5, 0.6) is 0 Å². The van der Waals surface area contributed by atoms with Gasteiger partial charge in [-0.3, -0.25) is 0 Å². The fourth-order valence-electron chi connectivity index (χ4n) is 0.647. The Morgan fingerprint density at radius 1 is 0.917 bits per heavy atom. The van der Waals surface area contributed by atoms with Crippen LogP contribution in [0.25, 0.3) is 0 Å². The second-order valence-electron chi connectivity index (χ2n) is 1.93. The van der Waals surface area contributed by atoms with Crippen molar-refractivity contribution < 1.29 is 0 Å². The summed E-state index contributed by atoms with van der Waals surface area (Å²) in [5, 5.41) is 0.727. The molecule has 0 aromatic carbocycles. The molecule has 0 fully saturated rings. The Labute approximate surface area is 94.5 Å². The first-order chi connectivity index (χ1) is 5.57. The Hall–Kier alpha value is 0.600. The summed E-state index contributed by atoms with van der Waals surface area (Å²) in [6, 6.07) is 0. The van der Waals surface area contributed by atoms with Gasteiger partial charge in [0.15, 0.2) is 0 Å². The van der Waals surface area contributed by atoms with Crippen LogP contribution in [0.4, 0.5) is 0 Å². The lowest BCUT2D eigenvalue weighted by atomic mass is 10.3. The Morgan fingerprint density at radius 2 is 1.33 bits per heavy atom. The first kappa shape index (κ1) is 10.7. The van der Waals surface area contributed by atoms with Gasteiger partial charge >= 0.3 is 0 Å². The maximum absolute atomic E-state index is 5.75. The van der Waals surface area contributed by atoms with Crippen molar-refractivity contribution in [2.24, 2.45) is 0 Å². The van der Waals surface area contributed by atoms with Gasteiger partial charge in [0.1, 0.15) is 10.3 Å². The summed E-state index contributed by atoms with van der Waals surface area (Å²) < 4.78 is 0. The van der Waals surface area contributed by atoms with E-state index in [1.807, 2.05) is 0 Å². The van der Waals surface area contributed by atoms with Crippen molar-refractivity contribution in [2.75, 3.05) is 0 Å². The molecular weight excluding hydrogens is 263 g/mol. The molecule has 1 heterocycles. The molecule has 1 rings (SSSR count). The predicted octanol–water partition coefficient (Wildman–Crippen LogP) is 4.43. The van der Waals surface area contributed by atoms with Crippen molar-refractivity contribution in [3.63, 3.8) is 0 Å². The van der Waals surface area contributed by atoms with Gasteiger partial charge in [-0.2, -0.15) is 0 Å². The highest BCUT2D eigenvalue weighted by molar-refractivity contribution is 6.47. The number of rotatable bonds is 1.